The summed E-state index contributed by atoms with van der Waals surface area (Å²) < 4.78 is 13.6. The lowest BCUT2D eigenvalue weighted by Crippen LogP contribution is -2.36. The Morgan fingerprint density at radius 2 is 1.70 bits per heavy atom. The molecular weight excluding hydrogens is 424 g/mol. The van der Waals surface area contributed by atoms with Crippen LogP contribution in [0.4, 0.5) is 5.69 Å². The Labute approximate surface area is 189 Å². The number of aryl methyl sites for hydroxylation is 1. The van der Waals surface area contributed by atoms with E-state index < -0.39 is 11.9 Å². The van der Waals surface area contributed by atoms with Crippen LogP contribution in [0, 0.1) is 0 Å². The number of ether oxygens (including phenoxy) is 1. The topological polar surface area (TPSA) is 104 Å². The molecule has 8 nitrogen and oxygen atoms in total. The van der Waals surface area contributed by atoms with Crippen LogP contribution >= 0.6 is 0 Å². The molecule has 0 atom stereocenters. The van der Waals surface area contributed by atoms with Crippen molar-refractivity contribution in [1.29, 1.82) is 0 Å². The molecule has 1 aromatic heterocycles. The Morgan fingerprint density at radius 1 is 0.939 bits per heavy atom. The van der Waals surface area contributed by atoms with E-state index in [1.165, 1.54) is 0 Å². The fourth-order valence-electron chi connectivity index (χ4n) is 3.57. The molecule has 1 aliphatic rings. The minimum atomic E-state index is -0.876. The first-order valence-corrected chi connectivity index (χ1v) is 10.5. The van der Waals surface area contributed by atoms with Crippen LogP contribution in [-0.2, 0) is 16.1 Å². The Balaban J connectivity index is 1.51. The molecule has 0 saturated carbocycles. The number of allylic oxidation sites excluding steroid dienone is 4. The molecule has 33 heavy (non-hydrogen) atoms. The van der Waals surface area contributed by atoms with Gasteiger partial charge in [0.25, 0.3) is 5.52 Å². The number of anilines is 1. The molecule has 0 saturated heterocycles. The third kappa shape index (κ3) is 5.12. The van der Waals surface area contributed by atoms with E-state index in [1.807, 2.05) is 58.0 Å². The normalized spacial score (nSPS) is 14.4. The second-order valence-corrected chi connectivity index (χ2v) is 7.32. The number of fused-ring (bicyclic) bond motifs is 2. The van der Waals surface area contributed by atoms with Gasteiger partial charge in [0.2, 0.25) is 11.5 Å². The molecule has 0 fully saturated rings. The molecule has 0 radical (unpaired) electrons. The number of para-hydroxylation sites is 4. The quantitative estimate of drug-likeness (QED) is 0.378. The highest BCUT2D eigenvalue weighted by Crippen LogP contribution is 2.38. The smallest absolute Gasteiger partial charge is 0.374 e. The van der Waals surface area contributed by atoms with E-state index in [9.17, 15) is 9.59 Å². The molecule has 0 spiro atoms. The Morgan fingerprint density at radius 3 is 2.52 bits per heavy atom. The Kier molecular flexibility index (Phi) is 6.54. The van der Waals surface area contributed by atoms with Crippen LogP contribution in [0.3, 0.4) is 0 Å². The maximum absolute atomic E-state index is 11.0. The van der Waals surface area contributed by atoms with Crippen molar-refractivity contribution in [2.24, 2.45) is 0 Å². The average molecular weight is 447 g/mol. The van der Waals surface area contributed by atoms with Crippen molar-refractivity contribution in [3.8, 4) is 5.75 Å². The van der Waals surface area contributed by atoms with Crippen molar-refractivity contribution >= 4 is 34.8 Å². The van der Waals surface area contributed by atoms with E-state index in [0.29, 0.717) is 36.2 Å². The van der Waals surface area contributed by atoms with Crippen molar-refractivity contribution in [1.82, 2.24) is 0 Å². The lowest BCUT2D eigenvalue weighted by molar-refractivity contribution is -0.676. The lowest BCUT2D eigenvalue weighted by Gasteiger charge is -2.16. The second kappa shape index (κ2) is 9.86. The molecule has 8 heteroatoms. The van der Waals surface area contributed by atoms with E-state index >= 15 is 0 Å². The minimum absolute atomic E-state index is 0.0129. The number of rotatable bonds is 9. The third-order valence-corrected chi connectivity index (χ3v) is 5.07. The number of benzene rings is 2. The van der Waals surface area contributed by atoms with Gasteiger partial charge in [-0.1, -0.05) is 42.5 Å². The highest BCUT2D eigenvalue weighted by atomic mass is 16.5. The maximum Gasteiger partial charge on any atom is 0.374 e. The number of carboxylic acids is 2. The molecule has 2 heterocycles. The third-order valence-electron chi connectivity index (χ3n) is 5.07. The highest BCUT2D eigenvalue weighted by Gasteiger charge is 2.25. The van der Waals surface area contributed by atoms with Gasteiger partial charge in [0.15, 0.2) is 12.3 Å². The average Bonchev–Trinajstić information content (AvgIpc) is 3.33. The first kappa shape index (κ1) is 21.9. The summed E-state index contributed by atoms with van der Waals surface area (Å²) in [5, 5.41) is 18.1. The van der Waals surface area contributed by atoms with E-state index in [1.54, 1.807) is 30.4 Å². The number of nitrogens with zero attached hydrogens (tertiary/aromatic N) is 2. The molecule has 0 amide bonds. The summed E-state index contributed by atoms with van der Waals surface area (Å²) in [7, 11) is 0. The summed E-state index contributed by atoms with van der Waals surface area (Å²) in [6.45, 7) is 0.592. The van der Waals surface area contributed by atoms with Gasteiger partial charge in [-0.15, -0.1) is 0 Å². The van der Waals surface area contributed by atoms with Crippen molar-refractivity contribution < 1.29 is 33.5 Å². The minimum Gasteiger partial charge on any atom is -0.481 e. The van der Waals surface area contributed by atoms with Gasteiger partial charge in [0.05, 0.1) is 18.2 Å². The van der Waals surface area contributed by atoms with Gasteiger partial charge in [0.1, 0.15) is 6.42 Å². The summed E-state index contributed by atoms with van der Waals surface area (Å²) in [5.41, 5.74) is 2.34. The van der Waals surface area contributed by atoms with Crippen molar-refractivity contribution in [3.63, 3.8) is 0 Å². The zero-order chi connectivity index (χ0) is 23.2. The maximum atomic E-state index is 11.0. The van der Waals surface area contributed by atoms with Gasteiger partial charge in [-0.25, -0.2) is 0 Å². The summed E-state index contributed by atoms with van der Waals surface area (Å²) >= 11 is 0. The number of hydrogen-bond donors (Lipinski definition) is 2. The number of aliphatic carboxylic acids is 2. The van der Waals surface area contributed by atoms with Gasteiger partial charge >= 0.3 is 17.8 Å². The zero-order valence-electron chi connectivity index (χ0n) is 17.8. The van der Waals surface area contributed by atoms with Crippen molar-refractivity contribution in [2.75, 3.05) is 11.4 Å². The molecule has 0 aliphatic carbocycles. The van der Waals surface area contributed by atoms with Gasteiger partial charge in [-0.3, -0.25) is 9.59 Å². The van der Waals surface area contributed by atoms with Gasteiger partial charge in [0, 0.05) is 12.6 Å². The number of carboxylic acid groups (broad SMARTS) is 2. The molecule has 4 rings (SSSR count). The monoisotopic (exact) mass is 447 g/mol. The van der Waals surface area contributed by atoms with Gasteiger partial charge < -0.3 is 24.3 Å². The lowest BCUT2D eigenvalue weighted by atomic mass is 10.2. The van der Waals surface area contributed by atoms with Crippen LogP contribution in [0.2, 0.25) is 0 Å². The molecule has 0 bridgehead atoms. The van der Waals surface area contributed by atoms with E-state index in [0.717, 1.165) is 11.2 Å². The van der Waals surface area contributed by atoms with Gasteiger partial charge in [-0.05, 0) is 24.3 Å². The van der Waals surface area contributed by atoms with Crippen LogP contribution in [0.1, 0.15) is 18.7 Å². The van der Waals surface area contributed by atoms with Crippen LogP contribution < -0.4 is 14.2 Å². The van der Waals surface area contributed by atoms with Crippen LogP contribution in [-0.4, -0.2) is 28.7 Å². The predicted molar refractivity (Wildman–Crippen MR) is 122 cm³/mol. The standard InChI is InChI=1S/C25H22N2O6/c28-24(29)14-16-26-18-8-4-6-10-20(18)32-22(26)12-2-1-3-13-23-27(17-15-25(30)31)19-9-5-7-11-21(19)33-23/h1-13H,14-17H2,(H-,28,29,30,31)/p+1. The molecule has 0 unspecified atom stereocenters. The van der Waals surface area contributed by atoms with E-state index in [4.69, 9.17) is 19.4 Å². The zero-order valence-corrected chi connectivity index (χ0v) is 17.8. The van der Waals surface area contributed by atoms with E-state index in [-0.39, 0.29) is 12.8 Å². The summed E-state index contributed by atoms with van der Waals surface area (Å²) in [4.78, 5) is 23.9. The van der Waals surface area contributed by atoms with Crippen LogP contribution in [0.5, 0.6) is 5.75 Å². The molecule has 2 aromatic carbocycles. The molecule has 1 aliphatic heterocycles. The first-order chi connectivity index (χ1) is 16.0. The number of hydrogen-bond acceptors (Lipinski definition) is 5. The highest BCUT2D eigenvalue weighted by molar-refractivity contribution is 5.71. The first-order valence-electron chi connectivity index (χ1n) is 10.5. The molecule has 168 valence electrons. The molecule has 3 aromatic rings. The molecular formula is C25H23N2O6+. The molecule has 2 N–H and O–H groups in total. The van der Waals surface area contributed by atoms with Gasteiger partial charge in [-0.2, -0.15) is 4.57 Å². The number of carbonyl (C=O) groups is 2. The largest absolute Gasteiger partial charge is 0.481 e. The van der Waals surface area contributed by atoms with Crippen LogP contribution in [0.15, 0.2) is 83.1 Å². The van der Waals surface area contributed by atoms with E-state index in [2.05, 4.69) is 0 Å². The Hall–Kier alpha value is -4.33. The second-order valence-electron chi connectivity index (χ2n) is 7.32. The summed E-state index contributed by atoms with van der Waals surface area (Å²) in [6, 6.07) is 14.9. The SMILES string of the molecule is O=C(O)CCN1C(=CC=CC=Cc2oc3ccccc3[n+]2CCC(=O)O)Oc2ccccc21. The summed E-state index contributed by atoms with van der Waals surface area (Å²) in [6.07, 6.45) is 8.88. The number of oxazole rings is 1. The fraction of sp³-hybridized carbons (Fsp3) is 0.160. The fourth-order valence-corrected chi connectivity index (χ4v) is 3.57. The predicted octanol–water partition coefficient (Wildman–Crippen LogP) is 3.98. The number of aromatic nitrogens is 1. The van der Waals surface area contributed by atoms with Crippen molar-refractivity contribution in [3.05, 3.63) is 84.6 Å². The summed E-state index contributed by atoms with van der Waals surface area (Å²) in [5.74, 6) is 0.0167. The van der Waals surface area contributed by atoms with Crippen molar-refractivity contribution in [2.45, 2.75) is 19.4 Å². The van der Waals surface area contributed by atoms with Crippen LogP contribution in [0.25, 0.3) is 17.2 Å². The Bertz CT molecular complexity index is 1270.